The minimum absolute atomic E-state index is 0.0368. The van der Waals surface area contributed by atoms with Crippen LogP contribution in [0.3, 0.4) is 0 Å². The molecule has 2 heterocycles. The molecule has 2 N–H and O–H groups in total. The molecule has 0 atom stereocenters. The lowest BCUT2D eigenvalue weighted by atomic mass is 10.1. The largest absolute Gasteiger partial charge is 0.540 e. The number of alkyl halides is 4. The smallest absolute Gasteiger partial charge is 0.464 e. The number of nitrogens with zero attached hydrogens (tertiary/aromatic N) is 1. The summed E-state index contributed by atoms with van der Waals surface area (Å²) in [6.07, 6.45) is -7.45. The number of halogens is 4. The molecule has 182 valence electrons. The highest BCUT2D eigenvalue weighted by Crippen LogP contribution is 2.46. The molecule has 0 bridgehead atoms. The number of nitrogens with one attached hydrogen (secondary N) is 2. The summed E-state index contributed by atoms with van der Waals surface area (Å²) >= 11 is 0. The Hall–Kier alpha value is -4.39. The topological polar surface area (TPSA) is 108 Å². The summed E-state index contributed by atoms with van der Waals surface area (Å²) in [6.45, 7) is 0. The van der Waals surface area contributed by atoms with Crippen LogP contribution in [0.2, 0.25) is 0 Å². The second kappa shape index (κ2) is 9.10. The number of hydrogen-bond donors (Lipinski definition) is 2. The van der Waals surface area contributed by atoms with Crippen LogP contribution in [0.25, 0.3) is 0 Å². The van der Waals surface area contributed by atoms with Gasteiger partial charge in [0.2, 0.25) is 0 Å². The van der Waals surface area contributed by atoms with Crippen molar-refractivity contribution in [2.75, 3.05) is 17.7 Å². The van der Waals surface area contributed by atoms with E-state index in [4.69, 9.17) is 4.74 Å². The number of carbonyl (C=O) groups excluding carboxylic acids is 2. The van der Waals surface area contributed by atoms with Crippen molar-refractivity contribution in [3.8, 4) is 17.2 Å². The summed E-state index contributed by atoms with van der Waals surface area (Å²) in [5.74, 6) is -0.900. The lowest BCUT2D eigenvalue weighted by Gasteiger charge is -2.30. The highest BCUT2D eigenvalue weighted by molar-refractivity contribution is 6.00. The zero-order valence-electron chi connectivity index (χ0n) is 17.7. The van der Waals surface area contributed by atoms with Gasteiger partial charge in [0.15, 0.2) is 5.69 Å². The van der Waals surface area contributed by atoms with E-state index >= 15 is 0 Å². The molecule has 1 aromatic heterocycles. The number of urea groups is 1. The molecule has 0 saturated heterocycles. The molecule has 3 aromatic rings. The van der Waals surface area contributed by atoms with E-state index < -0.39 is 35.7 Å². The average Bonchev–Trinajstić information content (AvgIpc) is 2.77. The average molecular weight is 493 g/mol. The Kier molecular flexibility index (Phi) is 6.18. The van der Waals surface area contributed by atoms with Gasteiger partial charge >= 0.3 is 24.4 Å². The summed E-state index contributed by atoms with van der Waals surface area (Å²) in [6, 6.07) is 10.9. The maximum absolute atomic E-state index is 13.7. The number of benzene rings is 2. The van der Waals surface area contributed by atoms with E-state index in [0.29, 0.717) is 5.75 Å². The SMILES string of the molecule is COC(=O)c1cc(Oc2cccc(NC(=O)Nc3ccc4c(c3)OC(F)(F)OC4(F)F)c2)ccn1. The minimum atomic E-state index is -4.54. The molecule has 2 amide bonds. The molecule has 13 heteroatoms. The van der Waals surface area contributed by atoms with Crippen LogP contribution < -0.4 is 20.1 Å². The van der Waals surface area contributed by atoms with Gasteiger partial charge in [-0.1, -0.05) is 6.07 Å². The van der Waals surface area contributed by atoms with Crippen LogP contribution in [-0.2, 0) is 15.6 Å². The van der Waals surface area contributed by atoms with Gasteiger partial charge in [-0.15, -0.1) is 8.78 Å². The molecule has 0 aliphatic carbocycles. The second-order valence-corrected chi connectivity index (χ2v) is 6.97. The third-order valence-electron chi connectivity index (χ3n) is 4.48. The van der Waals surface area contributed by atoms with E-state index in [-0.39, 0.29) is 22.8 Å². The number of esters is 1. The Labute approximate surface area is 194 Å². The van der Waals surface area contributed by atoms with Gasteiger partial charge in [-0.25, -0.2) is 19.3 Å². The summed E-state index contributed by atoms with van der Waals surface area (Å²) in [5, 5.41) is 4.82. The number of hydrogen-bond acceptors (Lipinski definition) is 7. The first-order valence-electron chi connectivity index (χ1n) is 9.74. The van der Waals surface area contributed by atoms with Gasteiger partial charge < -0.3 is 24.8 Å². The Balaban J connectivity index is 1.43. The van der Waals surface area contributed by atoms with Gasteiger partial charge in [0.25, 0.3) is 0 Å². The summed E-state index contributed by atoms with van der Waals surface area (Å²) in [4.78, 5) is 27.8. The van der Waals surface area contributed by atoms with Gasteiger partial charge in [-0.2, -0.15) is 8.78 Å². The van der Waals surface area contributed by atoms with E-state index in [1.807, 2.05) is 0 Å². The van der Waals surface area contributed by atoms with Gasteiger partial charge in [0, 0.05) is 35.8 Å². The molecule has 0 radical (unpaired) electrons. The maximum Gasteiger partial charge on any atom is 0.540 e. The highest BCUT2D eigenvalue weighted by atomic mass is 19.3. The van der Waals surface area contributed by atoms with E-state index in [2.05, 4.69) is 29.8 Å². The second-order valence-electron chi connectivity index (χ2n) is 6.97. The summed E-state index contributed by atoms with van der Waals surface area (Å²) in [7, 11) is 1.22. The molecule has 1 aliphatic rings. The van der Waals surface area contributed by atoms with Crippen LogP contribution in [0, 0.1) is 0 Å². The fourth-order valence-electron chi connectivity index (χ4n) is 3.04. The zero-order valence-corrected chi connectivity index (χ0v) is 17.7. The first kappa shape index (κ1) is 23.8. The molecular weight excluding hydrogens is 478 g/mol. The van der Waals surface area contributed by atoms with Crippen molar-refractivity contribution in [2.24, 2.45) is 0 Å². The third kappa shape index (κ3) is 5.58. The predicted molar refractivity (Wildman–Crippen MR) is 112 cm³/mol. The van der Waals surface area contributed by atoms with E-state index in [1.165, 1.54) is 37.6 Å². The minimum Gasteiger partial charge on any atom is -0.464 e. The standard InChI is InChI=1S/C22H15F4N3O6/c1-32-19(30)17-11-15(7-8-27-17)33-14-4-2-3-12(9-14)28-20(31)29-13-5-6-16-18(10-13)34-22(25,26)35-21(16,23)24/h2-11H,1H3,(H2,28,29,31). The highest BCUT2D eigenvalue weighted by Gasteiger charge is 2.54. The lowest BCUT2D eigenvalue weighted by molar-refractivity contribution is -0.461. The van der Waals surface area contributed by atoms with Crippen molar-refractivity contribution in [3.63, 3.8) is 0 Å². The van der Waals surface area contributed by atoms with Gasteiger partial charge in [-0.3, -0.25) is 0 Å². The normalized spacial score (nSPS) is 15.2. The number of carbonyl (C=O) groups is 2. The first-order chi connectivity index (χ1) is 16.5. The lowest BCUT2D eigenvalue weighted by Crippen LogP contribution is -2.41. The maximum atomic E-state index is 13.7. The van der Waals surface area contributed by atoms with Crippen molar-refractivity contribution < 1.29 is 46.1 Å². The fraction of sp³-hybridized carbons (Fsp3) is 0.136. The number of methoxy groups -OCH3 is 1. The van der Waals surface area contributed by atoms with Crippen LogP contribution in [0.15, 0.2) is 60.8 Å². The van der Waals surface area contributed by atoms with Crippen LogP contribution >= 0.6 is 0 Å². The number of pyridine rings is 1. The predicted octanol–water partition coefficient (Wildman–Crippen LogP) is 5.31. The number of rotatable bonds is 5. The zero-order chi connectivity index (χ0) is 25.2. The van der Waals surface area contributed by atoms with Gasteiger partial charge in [-0.05, 0) is 30.3 Å². The number of fused-ring (bicyclic) bond motifs is 1. The molecule has 35 heavy (non-hydrogen) atoms. The molecule has 1 aliphatic heterocycles. The summed E-state index contributed by atoms with van der Waals surface area (Å²) < 4.78 is 71.7. The molecular formula is C22H15F4N3O6. The first-order valence-corrected chi connectivity index (χ1v) is 9.74. The number of amides is 2. The number of anilines is 2. The molecule has 4 rings (SSSR count). The van der Waals surface area contributed by atoms with Crippen molar-refractivity contribution in [3.05, 3.63) is 72.1 Å². The Morgan fingerprint density at radius 3 is 2.40 bits per heavy atom. The fourth-order valence-corrected chi connectivity index (χ4v) is 3.04. The van der Waals surface area contributed by atoms with Crippen LogP contribution in [0.5, 0.6) is 17.2 Å². The molecule has 0 fully saturated rings. The van der Waals surface area contributed by atoms with E-state index in [0.717, 1.165) is 18.2 Å². The van der Waals surface area contributed by atoms with E-state index in [1.54, 1.807) is 12.1 Å². The van der Waals surface area contributed by atoms with Crippen molar-refractivity contribution >= 4 is 23.4 Å². The number of aromatic nitrogens is 1. The molecule has 0 spiro atoms. The van der Waals surface area contributed by atoms with Crippen molar-refractivity contribution in [1.29, 1.82) is 0 Å². The summed E-state index contributed by atoms with van der Waals surface area (Å²) in [5.41, 5.74) is -0.683. The van der Waals surface area contributed by atoms with Gasteiger partial charge in [0.05, 0.1) is 12.7 Å². The number of ether oxygens (including phenoxy) is 4. The molecule has 2 aromatic carbocycles. The van der Waals surface area contributed by atoms with Crippen LogP contribution in [-0.4, -0.2) is 30.4 Å². The van der Waals surface area contributed by atoms with Gasteiger partial charge in [0.1, 0.15) is 17.2 Å². The quantitative estimate of drug-likeness (QED) is 0.366. The Bertz CT molecular complexity index is 1290. The van der Waals surface area contributed by atoms with E-state index in [9.17, 15) is 27.2 Å². The molecule has 9 nitrogen and oxygen atoms in total. The van der Waals surface area contributed by atoms with Crippen molar-refractivity contribution in [1.82, 2.24) is 4.98 Å². The van der Waals surface area contributed by atoms with Crippen molar-refractivity contribution in [2.45, 2.75) is 12.4 Å². The third-order valence-corrected chi connectivity index (χ3v) is 4.48. The monoisotopic (exact) mass is 493 g/mol. The molecule has 0 unspecified atom stereocenters. The van der Waals surface area contributed by atoms with Crippen LogP contribution in [0.1, 0.15) is 16.1 Å². The Morgan fingerprint density at radius 1 is 0.943 bits per heavy atom. The Morgan fingerprint density at radius 2 is 1.66 bits per heavy atom. The molecule has 0 saturated carbocycles. The van der Waals surface area contributed by atoms with Crippen LogP contribution in [0.4, 0.5) is 33.7 Å².